The highest BCUT2D eigenvalue weighted by Gasteiger charge is 2.38. The van der Waals surface area contributed by atoms with Crippen LogP contribution in [-0.4, -0.2) is 30.8 Å². The minimum Gasteiger partial charge on any atom is -0.469 e. The van der Waals surface area contributed by atoms with Gasteiger partial charge in [0.1, 0.15) is 0 Å². The van der Waals surface area contributed by atoms with Crippen LogP contribution in [0.25, 0.3) is 0 Å². The normalized spacial score (nSPS) is 16.0. The van der Waals surface area contributed by atoms with Crippen LogP contribution in [0.5, 0.6) is 0 Å². The van der Waals surface area contributed by atoms with Crippen LogP contribution in [0.15, 0.2) is 36.0 Å². The van der Waals surface area contributed by atoms with E-state index in [-0.39, 0.29) is 18.0 Å². The number of hydrogen-bond donors (Lipinski definition) is 1. The van der Waals surface area contributed by atoms with Gasteiger partial charge < -0.3 is 19.5 Å². The number of anilines is 1. The Morgan fingerprint density at radius 2 is 1.92 bits per heavy atom. The Balaban J connectivity index is 2.05. The molecule has 0 aromatic heterocycles. The summed E-state index contributed by atoms with van der Waals surface area (Å²) in [7, 11) is 1.34. The zero-order valence-corrected chi connectivity index (χ0v) is 13.8. The first-order valence-corrected chi connectivity index (χ1v) is 7.40. The maximum absolute atomic E-state index is 11.8. The van der Waals surface area contributed by atoms with Crippen LogP contribution < -0.4 is 5.32 Å². The average molecular weight is 333 g/mol. The summed E-state index contributed by atoms with van der Waals surface area (Å²) in [6.07, 6.45) is 2.05. The molecule has 0 atom stereocenters. The van der Waals surface area contributed by atoms with Crippen molar-refractivity contribution in [3.63, 3.8) is 0 Å². The maximum Gasteiger partial charge on any atom is 0.350 e. The zero-order valence-electron chi connectivity index (χ0n) is 13.8. The molecule has 2 rings (SSSR count). The largest absolute Gasteiger partial charge is 0.469 e. The van der Waals surface area contributed by atoms with Gasteiger partial charge in [0.15, 0.2) is 5.57 Å². The summed E-state index contributed by atoms with van der Waals surface area (Å²) < 4.78 is 14.6. The molecule has 1 heterocycles. The van der Waals surface area contributed by atoms with Crippen molar-refractivity contribution in [3.05, 3.63) is 41.6 Å². The van der Waals surface area contributed by atoms with Crippen molar-refractivity contribution in [1.29, 1.82) is 0 Å². The van der Waals surface area contributed by atoms with Gasteiger partial charge in [-0.2, -0.15) is 0 Å². The van der Waals surface area contributed by atoms with Crippen LogP contribution in [-0.2, 0) is 35.0 Å². The molecule has 1 aromatic carbocycles. The molecule has 0 saturated carbocycles. The molecule has 1 fully saturated rings. The zero-order chi connectivity index (χ0) is 17.7. The highest BCUT2D eigenvalue weighted by Crippen LogP contribution is 2.23. The molecular weight excluding hydrogens is 314 g/mol. The second-order valence-electron chi connectivity index (χ2n) is 5.66. The molecule has 1 aromatic rings. The Labute approximate surface area is 139 Å². The number of benzene rings is 1. The lowest BCUT2D eigenvalue weighted by Gasteiger charge is -2.29. The number of esters is 3. The van der Waals surface area contributed by atoms with Crippen LogP contribution in [0.4, 0.5) is 5.69 Å². The molecule has 0 radical (unpaired) electrons. The topological polar surface area (TPSA) is 90.9 Å². The minimum atomic E-state index is -1.26. The summed E-state index contributed by atoms with van der Waals surface area (Å²) in [6.45, 7) is 2.97. The van der Waals surface area contributed by atoms with Crippen molar-refractivity contribution in [3.8, 4) is 0 Å². The van der Waals surface area contributed by atoms with Gasteiger partial charge in [-0.15, -0.1) is 0 Å². The summed E-state index contributed by atoms with van der Waals surface area (Å²) in [5, 5.41) is 2.86. The van der Waals surface area contributed by atoms with E-state index in [2.05, 4.69) is 10.1 Å². The van der Waals surface area contributed by atoms with E-state index < -0.39 is 17.7 Å². The van der Waals surface area contributed by atoms with Gasteiger partial charge in [0.2, 0.25) is 0 Å². The van der Waals surface area contributed by atoms with Crippen LogP contribution in [0, 0.1) is 0 Å². The molecule has 7 heteroatoms. The molecule has 0 spiro atoms. The quantitative estimate of drug-likeness (QED) is 0.500. The van der Waals surface area contributed by atoms with Crippen molar-refractivity contribution in [2.24, 2.45) is 0 Å². The van der Waals surface area contributed by atoms with E-state index in [1.807, 2.05) is 12.1 Å². The third kappa shape index (κ3) is 4.58. The molecule has 7 nitrogen and oxygen atoms in total. The van der Waals surface area contributed by atoms with Crippen molar-refractivity contribution in [1.82, 2.24) is 0 Å². The summed E-state index contributed by atoms with van der Waals surface area (Å²) in [5.41, 5.74) is 1.36. The van der Waals surface area contributed by atoms with Crippen LogP contribution in [0.2, 0.25) is 0 Å². The molecule has 0 bridgehead atoms. The second-order valence-corrected chi connectivity index (χ2v) is 5.66. The molecule has 0 unspecified atom stereocenters. The fourth-order valence-corrected chi connectivity index (χ4v) is 2.10. The van der Waals surface area contributed by atoms with Gasteiger partial charge in [-0.05, 0) is 24.1 Å². The number of ether oxygens (including phenoxy) is 3. The number of hydrogen-bond acceptors (Lipinski definition) is 7. The Hall–Kier alpha value is -2.83. The van der Waals surface area contributed by atoms with Crippen molar-refractivity contribution < 1.29 is 28.6 Å². The molecule has 0 aliphatic carbocycles. The Bertz CT molecular complexity index is 670. The first kappa shape index (κ1) is 17.5. The fraction of sp³-hybridized carbons (Fsp3) is 0.353. The van der Waals surface area contributed by atoms with Gasteiger partial charge in [-0.3, -0.25) is 4.79 Å². The van der Waals surface area contributed by atoms with E-state index in [9.17, 15) is 14.4 Å². The average Bonchev–Trinajstić information content (AvgIpc) is 2.51. The van der Waals surface area contributed by atoms with Crippen LogP contribution >= 0.6 is 0 Å². The molecule has 24 heavy (non-hydrogen) atoms. The fourth-order valence-electron chi connectivity index (χ4n) is 2.10. The van der Waals surface area contributed by atoms with E-state index in [1.165, 1.54) is 27.2 Å². The summed E-state index contributed by atoms with van der Waals surface area (Å²) in [6, 6.07) is 7.24. The first-order chi connectivity index (χ1) is 11.3. The highest BCUT2D eigenvalue weighted by molar-refractivity contribution is 6.15. The predicted octanol–water partition coefficient (Wildman–Crippen LogP) is 1.92. The van der Waals surface area contributed by atoms with Crippen LogP contribution in [0.3, 0.4) is 0 Å². The van der Waals surface area contributed by atoms with Gasteiger partial charge >= 0.3 is 17.9 Å². The van der Waals surface area contributed by atoms with Gasteiger partial charge in [0, 0.05) is 32.2 Å². The molecule has 0 amide bonds. The number of rotatable bonds is 5. The number of nitrogens with one attached hydrogen (secondary N) is 1. The molecular formula is C17H19NO6. The van der Waals surface area contributed by atoms with Gasteiger partial charge in [0.25, 0.3) is 5.79 Å². The summed E-state index contributed by atoms with van der Waals surface area (Å²) >= 11 is 0. The molecule has 1 saturated heterocycles. The molecule has 1 N–H and O–H groups in total. The lowest BCUT2D eigenvalue weighted by atomic mass is 10.1. The van der Waals surface area contributed by atoms with Crippen molar-refractivity contribution in [2.75, 3.05) is 12.4 Å². The van der Waals surface area contributed by atoms with Crippen molar-refractivity contribution in [2.45, 2.75) is 32.5 Å². The van der Waals surface area contributed by atoms with Crippen LogP contribution in [0.1, 0.15) is 25.8 Å². The van der Waals surface area contributed by atoms with Gasteiger partial charge in [-0.1, -0.05) is 12.1 Å². The van der Waals surface area contributed by atoms with E-state index in [1.54, 1.807) is 12.1 Å². The van der Waals surface area contributed by atoms with Crippen molar-refractivity contribution >= 4 is 23.6 Å². The SMILES string of the molecule is COC(=O)CCc1cccc(NC=C2C(=O)OC(C)(C)OC2=O)c1. The summed E-state index contributed by atoms with van der Waals surface area (Å²) in [5.74, 6) is -3.04. The van der Waals surface area contributed by atoms with E-state index in [4.69, 9.17) is 9.47 Å². The summed E-state index contributed by atoms with van der Waals surface area (Å²) in [4.78, 5) is 34.8. The molecule has 128 valence electrons. The standard InChI is InChI=1S/C17H19NO6/c1-17(2)23-15(20)13(16(21)24-17)10-18-12-6-4-5-11(9-12)7-8-14(19)22-3/h4-6,9-10,18H,7-8H2,1-3H3. The number of carbonyl (C=O) groups is 3. The Kier molecular flexibility index (Phi) is 5.23. The third-order valence-corrected chi connectivity index (χ3v) is 3.27. The Morgan fingerprint density at radius 3 is 2.54 bits per heavy atom. The van der Waals surface area contributed by atoms with E-state index >= 15 is 0 Å². The minimum absolute atomic E-state index is 0.214. The number of cyclic esters (lactones) is 2. The second kappa shape index (κ2) is 7.16. The number of carbonyl (C=O) groups excluding carboxylic acids is 3. The Morgan fingerprint density at radius 1 is 1.25 bits per heavy atom. The predicted molar refractivity (Wildman–Crippen MR) is 84.7 cm³/mol. The van der Waals surface area contributed by atoms with Gasteiger partial charge in [0.05, 0.1) is 7.11 Å². The lowest BCUT2D eigenvalue weighted by molar-refractivity contribution is -0.222. The monoisotopic (exact) mass is 333 g/mol. The highest BCUT2D eigenvalue weighted by atomic mass is 16.7. The smallest absolute Gasteiger partial charge is 0.350 e. The first-order valence-electron chi connectivity index (χ1n) is 7.40. The van der Waals surface area contributed by atoms with Gasteiger partial charge in [-0.25, -0.2) is 9.59 Å². The number of methoxy groups -OCH3 is 1. The third-order valence-electron chi connectivity index (χ3n) is 3.27. The maximum atomic E-state index is 11.8. The molecule has 1 aliphatic rings. The van der Waals surface area contributed by atoms with E-state index in [0.717, 1.165) is 5.56 Å². The van der Waals surface area contributed by atoms with E-state index in [0.29, 0.717) is 12.1 Å². The number of aryl methyl sites for hydroxylation is 1. The lowest BCUT2D eigenvalue weighted by Crippen LogP contribution is -2.42. The molecule has 1 aliphatic heterocycles.